The van der Waals surface area contributed by atoms with Gasteiger partial charge >= 0.3 is 5.69 Å². The molecule has 8 nitrogen and oxygen atoms in total. The lowest BCUT2D eigenvalue weighted by molar-refractivity contribution is -0.384. The highest BCUT2D eigenvalue weighted by atomic mass is 35.5. The van der Waals surface area contributed by atoms with Gasteiger partial charge in [0.1, 0.15) is 6.33 Å². The Hall–Kier alpha value is -2.22. The molecule has 0 spiro atoms. The van der Waals surface area contributed by atoms with Crippen LogP contribution in [-0.2, 0) is 6.54 Å². The molecule has 2 aromatic rings. The first-order valence-corrected chi connectivity index (χ1v) is 5.83. The highest BCUT2D eigenvalue weighted by molar-refractivity contribution is 6.31. The predicted octanol–water partition coefficient (Wildman–Crippen LogP) is 1.74. The molecule has 1 N–H and O–H groups in total. The fraction of sp³-hybridized carbons (Fsp3) is 0.300. The fourth-order valence-corrected chi connectivity index (χ4v) is 1.82. The third-order valence-electron chi connectivity index (χ3n) is 2.39. The maximum absolute atomic E-state index is 10.9. The molecule has 0 radical (unpaired) electrons. The van der Waals surface area contributed by atoms with E-state index in [0.29, 0.717) is 6.54 Å². The number of anilines is 1. The van der Waals surface area contributed by atoms with Gasteiger partial charge in [-0.25, -0.2) is 15.0 Å². The molecule has 0 saturated heterocycles. The molecule has 19 heavy (non-hydrogen) atoms. The van der Waals surface area contributed by atoms with Crippen LogP contribution in [0.5, 0.6) is 0 Å². The number of halogens is 1. The van der Waals surface area contributed by atoms with Crippen molar-refractivity contribution in [3.63, 3.8) is 0 Å². The van der Waals surface area contributed by atoms with E-state index in [-0.39, 0.29) is 22.7 Å². The van der Waals surface area contributed by atoms with E-state index in [0.717, 1.165) is 0 Å². The van der Waals surface area contributed by atoms with Crippen LogP contribution in [0.25, 0.3) is 0 Å². The second-order valence-corrected chi connectivity index (χ2v) is 4.28. The van der Waals surface area contributed by atoms with Crippen molar-refractivity contribution >= 4 is 23.1 Å². The number of nitro groups is 1. The molecule has 0 aliphatic rings. The lowest BCUT2D eigenvalue weighted by atomic mass is 10.3. The Labute approximate surface area is 113 Å². The Morgan fingerprint density at radius 1 is 1.58 bits per heavy atom. The molecule has 2 aromatic heterocycles. The van der Waals surface area contributed by atoms with Crippen molar-refractivity contribution in [2.45, 2.75) is 19.5 Å². The van der Waals surface area contributed by atoms with Crippen molar-refractivity contribution in [2.24, 2.45) is 0 Å². The van der Waals surface area contributed by atoms with E-state index in [1.54, 1.807) is 18.7 Å². The molecule has 0 aliphatic heterocycles. The second-order valence-electron chi connectivity index (χ2n) is 3.92. The van der Waals surface area contributed by atoms with Crippen molar-refractivity contribution in [1.29, 1.82) is 0 Å². The molecule has 1 atom stereocenters. The molecule has 0 aromatic carbocycles. The molecule has 2 heterocycles. The average Bonchev–Trinajstić information content (AvgIpc) is 2.81. The molecule has 9 heteroatoms. The number of nitrogens with one attached hydrogen (secondary N) is 1. The van der Waals surface area contributed by atoms with Crippen LogP contribution in [0.15, 0.2) is 25.0 Å². The maximum Gasteiger partial charge on any atom is 0.348 e. The topological polar surface area (TPSA) is 98.8 Å². The SMILES string of the molecule is CC(Cn1ccnc1)Nc1ncnc(Cl)c1[N+](=O)[O-]. The first-order valence-electron chi connectivity index (χ1n) is 5.45. The molecule has 0 fully saturated rings. The molecule has 0 aliphatic carbocycles. The van der Waals surface area contributed by atoms with Gasteiger partial charge in [0.15, 0.2) is 0 Å². The smallest absolute Gasteiger partial charge is 0.348 e. The fourth-order valence-electron chi connectivity index (χ4n) is 1.61. The van der Waals surface area contributed by atoms with Crippen molar-refractivity contribution in [3.8, 4) is 0 Å². The summed E-state index contributed by atoms with van der Waals surface area (Å²) in [5, 5.41) is 13.7. The van der Waals surface area contributed by atoms with Crippen molar-refractivity contribution in [3.05, 3.63) is 40.3 Å². The summed E-state index contributed by atoms with van der Waals surface area (Å²) >= 11 is 5.70. The summed E-state index contributed by atoms with van der Waals surface area (Å²) in [6.45, 7) is 2.47. The van der Waals surface area contributed by atoms with Crippen LogP contribution in [-0.4, -0.2) is 30.5 Å². The third-order valence-corrected chi connectivity index (χ3v) is 2.66. The average molecular weight is 283 g/mol. The minimum absolute atomic E-state index is 0.0844. The zero-order valence-electron chi connectivity index (χ0n) is 10.0. The predicted molar refractivity (Wildman–Crippen MR) is 69.0 cm³/mol. The van der Waals surface area contributed by atoms with Crippen molar-refractivity contribution < 1.29 is 4.92 Å². The lowest BCUT2D eigenvalue weighted by Crippen LogP contribution is -2.22. The highest BCUT2D eigenvalue weighted by Crippen LogP contribution is 2.28. The van der Waals surface area contributed by atoms with E-state index < -0.39 is 4.92 Å². The Kier molecular flexibility index (Phi) is 3.91. The third kappa shape index (κ3) is 3.16. The Morgan fingerprint density at radius 3 is 3.00 bits per heavy atom. The standard InChI is InChI=1S/C10H11ClN6O2/c1-7(4-16-3-2-12-6-16)15-10-8(17(18)19)9(11)13-5-14-10/h2-3,5-7H,4H2,1H3,(H,13,14,15). The van der Waals surface area contributed by atoms with Gasteiger partial charge in [0, 0.05) is 25.0 Å². The molecule has 1 unspecified atom stereocenters. The first-order chi connectivity index (χ1) is 9.08. The number of imidazole rings is 1. The van der Waals surface area contributed by atoms with Gasteiger partial charge in [0.2, 0.25) is 11.0 Å². The van der Waals surface area contributed by atoms with Crippen LogP contribution in [0.1, 0.15) is 6.92 Å². The van der Waals surface area contributed by atoms with E-state index >= 15 is 0 Å². The molecule has 2 rings (SSSR count). The van der Waals surface area contributed by atoms with Gasteiger partial charge in [-0.05, 0) is 6.92 Å². The molecule has 0 bridgehead atoms. The van der Waals surface area contributed by atoms with Gasteiger partial charge in [-0.2, -0.15) is 0 Å². The zero-order valence-corrected chi connectivity index (χ0v) is 10.8. The van der Waals surface area contributed by atoms with Gasteiger partial charge in [-0.15, -0.1) is 0 Å². The zero-order chi connectivity index (χ0) is 13.8. The van der Waals surface area contributed by atoms with Crippen molar-refractivity contribution in [2.75, 3.05) is 5.32 Å². The summed E-state index contributed by atoms with van der Waals surface area (Å²) in [4.78, 5) is 21.7. The van der Waals surface area contributed by atoms with Gasteiger partial charge in [-0.3, -0.25) is 10.1 Å². The van der Waals surface area contributed by atoms with E-state index in [4.69, 9.17) is 11.6 Å². The van der Waals surface area contributed by atoms with Crippen LogP contribution < -0.4 is 5.32 Å². The van der Waals surface area contributed by atoms with Gasteiger partial charge < -0.3 is 9.88 Å². The minimum atomic E-state index is -0.603. The number of nitrogens with zero attached hydrogens (tertiary/aromatic N) is 5. The van der Waals surface area contributed by atoms with E-state index in [1.165, 1.54) is 6.33 Å². The first kappa shape index (κ1) is 13.2. The van der Waals surface area contributed by atoms with Crippen LogP contribution in [0.3, 0.4) is 0 Å². The van der Waals surface area contributed by atoms with E-state index in [9.17, 15) is 10.1 Å². The second kappa shape index (κ2) is 5.61. The van der Waals surface area contributed by atoms with Gasteiger partial charge in [0.05, 0.1) is 11.3 Å². The highest BCUT2D eigenvalue weighted by Gasteiger charge is 2.22. The Balaban J connectivity index is 2.14. The Morgan fingerprint density at radius 2 is 2.37 bits per heavy atom. The number of hydrogen-bond acceptors (Lipinski definition) is 6. The Bertz CT molecular complexity index is 573. The monoisotopic (exact) mass is 282 g/mol. The molecular weight excluding hydrogens is 272 g/mol. The molecule has 100 valence electrons. The summed E-state index contributed by atoms with van der Waals surface area (Å²) < 4.78 is 1.85. The largest absolute Gasteiger partial charge is 0.360 e. The van der Waals surface area contributed by atoms with Crippen LogP contribution >= 0.6 is 11.6 Å². The van der Waals surface area contributed by atoms with Gasteiger partial charge in [-0.1, -0.05) is 11.6 Å². The number of aromatic nitrogens is 4. The summed E-state index contributed by atoms with van der Waals surface area (Å²) in [6.07, 6.45) is 6.32. The maximum atomic E-state index is 10.9. The number of hydrogen-bond donors (Lipinski definition) is 1. The van der Waals surface area contributed by atoms with Crippen LogP contribution in [0.4, 0.5) is 11.5 Å². The summed E-state index contributed by atoms with van der Waals surface area (Å²) in [7, 11) is 0. The minimum Gasteiger partial charge on any atom is -0.360 e. The number of rotatable bonds is 5. The molecule has 0 saturated carbocycles. The summed E-state index contributed by atoms with van der Waals surface area (Å²) in [5.74, 6) is 0.109. The lowest BCUT2D eigenvalue weighted by Gasteiger charge is -2.14. The molecular formula is C10H11ClN6O2. The summed E-state index contributed by atoms with van der Waals surface area (Å²) in [6, 6.07) is -0.0844. The quantitative estimate of drug-likeness (QED) is 0.509. The normalized spacial score (nSPS) is 12.1. The summed E-state index contributed by atoms with van der Waals surface area (Å²) in [5.41, 5.74) is -0.318. The van der Waals surface area contributed by atoms with Crippen LogP contribution in [0, 0.1) is 10.1 Å². The van der Waals surface area contributed by atoms with Gasteiger partial charge in [0.25, 0.3) is 0 Å². The van der Waals surface area contributed by atoms with E-state index in [1.807, 2.05) is 11.5 Å². The van der Waals surface area contributed by atoms with Crippen LogP contribution in [0.2, 0.25) is 5.15 Å². The molecule has 0 amide bonds. The van der Waals surface area contributed by atoms with E-state index in [2.05, 4.69) is 20.3 Å². The van der Waals surface area contributed by atoms with Crippen molar-refractivity contribution in [1.82, 2.24) is 19.5 Å².